The minimum atomic E-state index is -1.00. The first-order valence-electron chi connectivity index (χ1n) is 11.5. The molecule has 0 fully saturated rings. The molecule has 9 heteroatoms. The Hall–Kier alpha value is -4.66. The second-order valence-corrected chi connectivity index (χ2v) is 8.49. The van der Waals surface area contributed by atoms with Crippen LogP contribution in [0.25, 0.3) is 11.0 Å². The topological polar surface area (TPSA) is 145 Å². The van der Waals surface area contributed by atoms with Crippen LogP contribution in [0.2, 0.25) is 0 Å². The molecule has 0 spiro atoms. The van der Waals surface area contributed by atoms with Gasteiger partial charge in [-0.15, -0.1) is 0 Å². The lowest BCUT2D eigenvalue weighted by Crippen LogP contribution is -2.41. The molecule has 36 heavy (non-hydrogen) atoms. The summed E-state index contributed by atoms with van der Waals surface area (Å²) in [5.41, 5.74) is 9.32. The Balaban J connectivity index is 1.47. The van der Waals surface area contributed by atoms with Crippen molar-refractivity contribution in [2.24, 2.45) is 5.73 Å². The van der Waals surface area contributed by atoms with Crippen LogP contribution < -0.4 is 15.4 Å². The quantitative estimate of drug-likeness (QED) is 0.203. The van der Waals surface area contributed by atoms with Crippen molar-refractivity contribution in [1.82, 2.24) is 9.97 Å². The number of aryl methyl sites for hydroxylation is 2. The SMILES string of the molecule is CC(CC(=O)O)N(C(=O)Oc1ccc2nc(CCc3ccc(C(=N)N)cc3)[nH]c2c1)c1ccccc1. The summed E-state index contributed by atoms with van der Waals surface area (Å²) in [5, 5.41) is 16.7. The molecule has 5 N–H and O–H groups in total. The van der Waals surface area contributed by atoms with E-state index >= 15 is 0 Å². The normalized spacial score (nSPS) is 11.7. The Labute approximate surface area is 208 Å². The second-order valence-electron chi connectivity index (χ2n) is 8.49. The summed E-state index contributed by atoms with van der Waals surface area (Å²) in [7, 11) is 0. The Morgan fingerprint density at radius 1 is 1.08 bits per heavy atom. The van der Waals surface area contributed by atoms with Crippen LogP contribution in [-0.4, -0.2) is 39.0 Å². The maximum absolute atomic E-state index is 13.1. The fourth-order valence-corrected chi connectivity index (χ4v) is 3.96. The number of carboxylic acid groups (broad SMARTS) is 1. The summed E-state index contributed by atoms with van der Waals surface area (Å²) in [6.45, 7) is 1.67. The van der Waals surface area contributed by atoms with Crippen LogP contribution >= 0.6 is 0 Å². The maximum Gasteiger partial charge on any atom is 0.420 e. The first-order valence-corrected chi connectivity index (χ1v) is 11.5. The molecule has 3 aromatic carbocycles. The number of H-pyrrole nitrogens is 1. The average molecular weight is 486 g/mol. The number of nitrogens with one attached hydrogen (secondary N) is 2. The van der Waals surface area contributed by atoms with Crippen molar-refractivity contribution in [2.75, 3.05) is 4.90 Å². The second kappa shape index (κ2) is 10.7. The third kappa shape index (κ3) is 5.87. The number of amidine groups is 1. The molecule has 4 aromatic rings. The highest BCUT2D eigenvalue weighted by Gasteiger charge is 2.26. The average Bonchev–Trinajstić information content (AvgIpc) is 3.25. The standard InChI is InChI=1S/C27H27N5O4/c1-17(15-25(33)34)32(20-5-3-2-4-6-20)27(35)36-21-12-13-22-23(16-21)31-24(30-22)14-9-18-7-10-19(11-8-18)26(28)29/h2-8,10-13,16-17H,9,14-15H2,1H3,(H3,28,29)(H,30,31)(H,33,34). The summed E-state index contributed by atoms with van der Waals surface area (Å²) in [5.74, 6) is 0.159. The van der Waals surface area contributed by atoms with Gasteiger partial charge in [-0.1, -0.05) is 42.5 Å². The summed E-state index contributed by atoms with van der Waals surface area (Å²) in [4.78, 5) is 33.5. The number of aromatic nitrogens is 2. The number of carbonyl (C=O) groups is 2. The van der Waals surface area contributed by atoms with Gasteiger partial charge in [-0.25, -0.2) is 9.78 Å². The number of nitrogens with two attached hydrogens (primary N) is 1. The molecule has 0 bridgehead atoms. The van der Waals surface area contributed by atoms with Crippen molar-refractivity contribution in [3.8, 4) is 5.75 Å². The van der Waals surface area contributed by atoms with Crippen LogP contribution in [0.5, 0.6) is 5.75 Å². The van der Waals surface area contributed by atoms with Gasteiger partial charge in [0.1, 0.15) is 17.4 Å². The Morgan fingerprint density at radius 3 is 2.47 bits per heavy atom. The highest BCUT2D eigenvalue weighted by molar-refractivity contribution is 5.95. The molecule has 1 heterocycles. The van der Waals surface area contributed by atoms with Crippen molar-refractivity contribution < 1.29 is 19.4 Å². The van der Waals surface area contributed by atoms with Gasteiger partial charge in [0.25, 0.3) is 0 Å². The molecule has 0 saturated heterocycles. The minimum absolute atomic E-state index is 0.0403. The molecule has 0 aliphatic rings. The number of nitrogens with zero attached hydrogens (tertiary/aromatic N) is 2. The summed E-state index contributed by atoms with van der Waals surface area (Å²) >= 11 is 0. The number of anilines is 1. The monoisotopic (exact) mass is 485 g/mol. The molecule has 1 unspecified atom stereocenters. The lowest BCUT2D eigenvalue weighted by molar-refractivity contribution is -0.137. The zero-order valence-electron chi connectivity index (χ0n) is 19.8. The van der Waals surface area contributed by atoms with Gasteiger partial charge in [-0.05, 0) is 43.2 Å². The van der Waals surface area contributed by atoms with Gasteiger partial charge in [-0.2, -0.15) is 0 Å². The number of hydrogen-bond donors (Lipinski definition) is 4. The van der Waals surface area contributed by atoms with E-state index in [1.807, 2.05) is 30.3 Å². The number of nitrogen functional groups attached to an aromatic ring is 1. The molecule has 0 saturated carbocycles. The van der Waals surface area contributed by atoms with E-state index in [2.05, 4.69) is 9.97 Å². The van der Waals surface area contributed by atoms with E-state index in [9.17, 15) is 14.7 Å². The summed E-state index contributed by atoms with van der Waals surface area (Å²) in [6.07, 6.45) is 0.554. The van der Waals surface area contributed by atoms with Crippen LogP contribution in [-0.2, 0) is 17.6 Å². The van der Waals surface area contributed by atoms with Crippen LogP contribution in [0.3, 0.4) is 0 Å². The van der Waals surface area contributed by atoms with E-state index < -0.39 is 18.1 Å². The Kier molecular flexibility index (Phi) is 7.29. The maximum atomic E-state index is 13.1. The molecular weight excluding hydrogens is 458 g/mol. The van der Waals surface area contributed by atoms with Gasteiger partial charge in [0, 0.05) is 29.8 Å². The molecule has 0 aliphatic heterocycles. The van der Waals surface area contributed by atoms with Gasteiger partial charge in [0.2, 0.25) is 0 Å². The number of para-hydroxylation sites is 1. The highest BCUT2D eigenvalue weighted by Crippen LogP contribution is 2.24. The van der Waals surface area contributed by atoms with E-state index in [0.29, 0.717) is 23.4 Å². The number of aromatic amines is 1. The Bertz CT molecular complexity index is 1380. The predicted octanol–water partition coefficient (Wildman–Crippen LogP) is 4.50. The summed E-state index contributed by atoms with van der Waals surface area (Å²) < 4.78 is 5.63. The van der Waals surface area contributed by atoms with Gasteiger partial charge in [0.15, 0.2) is 0 Å². The molecule has 0 aliphatic carbocycles. The number of hydrogen-bond acceptors (Lipinski definition) is 5. The lowest BCUT2D eigenvalue weighted by Gasteiger charge is -2.27. The van der Waals surface area contributed by atoms with Crippen molar-refractivity contribution >= 4 is 34.6 Å². The lowest BCUT2D eigenvalue weighted by atomic mass is 10.1. The van der Waals surface area contributed by atoms with E-state index in [1.54, 1.807) is 49.4 Å². The van der Waals surface area contributed by atoms with E-state index in [4.69, 9.17) is 15.9 Å². The van der Waals surface area contributed by atoms with Gasteiger partial charge >= 0.3 is 12.1 Å². The van der Waals surface area contributed by atoms with E-state index in [1.165, 1.54) is 4.90 Å². The summed E-state index contributed by atoms with van der Waals surface area (Å²) in [6, 6.07) is 20.9. The third-order valence-electron chi connectivity index (χ3n) is 5.76. The molecular formula is C27H27N5O4. The molecule has 1 atom stereocenters. The number of rotatable bonds is 9. The molecule has 0 radical (unpaired) electrons. The van der Waals surface area contributed by atoms with Crippen molar-refractivity contribution in [1.29, 1.82) is 5.41 Å². The first-order chi connectivity index (χ1) is 17.3. The van der Waals surface area contributed by atoms with Crippen LogP contribution in [0, 0.1) is 5.41 Å². The van der Waals surface area contributed by atoms with E-state index in [-0.39, 0.29) is 12.3 Å². The molecule has 1 amide bonds. The van der Waals surface area contributed by atoms with Crippen LogP contribution in [0.4, 0.5) is 10.5 Å². The number of benzene rings is 3. The van der Waals surface area contributed by atoms with Crippen LogP contribution in [0.1, 0.15) is 30.3 Å². The largest absolute Gasteiger partial charge is 0.481 e. The number of carboxylic acids is 1. The smallest absolute Gasteiger partial charge is 0.420 e. The zero-order chi connectivity index (χ0) is 25.7. The number of aliphatic carboxylic acids is 1. The fraction of sp³-hybridized carbons (Fsp3) is 0.185. The van der Waals surface area contributed by atoms with Crippen molar-refractivity contribution in [3.05, 3.63) is 89.7 Å². The van der Waals surface area contributed by atoms with Gasteiger partial charge in [-0.3, -0.25) is 15.1 Å². The number of amides is 1. The molecule has 4 rings (SSSR count). The molecule has 9 nitrogen and oxygen atoms in total. The number of carbonyl (C=O) groups excluding carboxylic acids is 1. The molecule has 184 valence electrons. The zero-order valence-corrected chi connectivity index (χ0v) is 19.8. The van der Waals surface area contributed by atoms with Crippen LogP contribution in [0.15, 0.2) is 72.8 Å². The first kappa shape index (κ1) is 24.5. The fourth-order valence-electron chi connectivity index (χ4n) is 3.96. The predicted molar refractivity (Wildman–Crippen MR) is 138 cm³/mol. The Morgan fingerprint density at radius 2 is 1.81 bits per heavy atom. The number of imidazole rings is 1. The minimum Gasteiger partial charge on any atom is -0.481 e. The van der Waals surface area contributed by atoms with Crippen molar-refractivity contribution in [2.45, 2.75) is 32.2 Å². The number of fused-ring (bicyclic) bond motifs is 1. The van der Waals surface area contributed by atoms with Gasteiger partial charge < -0.3 is 20.6 Å². The number of ether oxygens (including phenoxy) is 1. The van der Waals surface area contributed by atoms with Gasteiger partial charge in [0.05, 0.1) is 17.5 Å². The highest BCUT2D eigenvalue weighted by atomic mass is 16.6. The van der Waals surface area contributed by atoms with Crippen molar-refractivity contribution in [3.63, 3.8) is 0 Å². The molecule has 1 aromatic heterocycles. The third-order valence-corrected chi connectivity index (χ3v) is 5.76. The van der Waals surface area contributed by atoms with E-state index in [0.717, 1.165) is 28.8 Å².